The summed E-state index contributed by atoms with van der Waals surface area (Å²) < 4.78 is 33.1. The molecular weight excluding hydrogens is 292 g/mol. The average Bonchev–Trinajstić information content (AvgIpc) is 2.91. The summed E-state index contributed by atoms with van der Waals surface area (Å²) in [6.07, 6.45) is 1.49. The van der Waals surface area contributed by atoms with E-state index in [1.54, 1.807) is 13.0 Å². The molecule has 0 radical (unpaired) electrons. The van der Waals surface area contributed by atoms with E-state index in [1.165, 1.54) is 16.8 Å². The molecule has 3 aromatic rings. The third-order valence-electron chi connectivity index (χ3n) is 3.13. The molecule has 2 aromatic heterocycles. The third kappa shape index (κ3) is 2.65. The van der Waals surface area contributed by atoms with Gasteiger partial charge in [-0.25, -0.2) is 8.78 Å². The predicted molar refractivity (Wildman–Crippen MR) is 74.2 cm³/mol. The van der Waals surface area contributed by atoms with Gasteiger partial charge in [0.25, 0.3) is 11.4 Å². The molecular formula is C15H11F2N3O2. The Balaban J connectivity index is 2.02. The Morgan fingerprint density at radius 2 is 2.09 bits per heavy atom. The van der Waals surface area contributed by atoms with Crippen molar-refractivity contribution in [2.45, 2.75) is 13.5 Å². The zero-order valence-electron chi connectivity index (χ0n) is 11.6. The summed E-state index contributed by atoms with van der Waals surface area (Å²) in [7, 11) is 0. The minimum Gasteiger partial charge on any atom is -0.334 e. The molecule has 0 N–H and O–H groups in total. The monoisotopic (exact) mass is 303 g/mol. The van der Waals surface area contributed by atoms with Crippen LogP contribution in [0, 0.1) is 18.6 Å². The van der Waals surface area contributed by atoms with Gasteiger partial charge in [0, 0.05) is 11.8 Å². The van der Waals surface area contributed by atoms with Crippen LogP contribution in [-0.4, -0.2) is 14.7 Å². The van der Waals surface area contributed by atoms with Crippen molar-refractivity contribution in [3.8, 4) is 11.5 Å². The van der Waals surface area contributed by atoms with Crippen LogP contribution in [0.25, 0.3) is 11.5 Å². The van der Waals surface area contributed by atoms with Crippen LogP contribution >= 0.6 is 0 Å². The maximum absolute atomic E-state index is 13.7. The van der Waals surface area contributed by atoms with Crippen molar-refractivity contribution >= 4 is 0 Å². The van der Waals surface area contributed by atoms with Gasteiger partial charge in [0.05, 0.1) is 6.54 Å². The SMILES string of the molecule is Cc1noc(-c2cccn(Cc3cc(F)ccc3F)c2=O)n1. The van der Waals surface area contributed by atoms with Crippen LogP contribution in [0.2, 0.25) is 0 Å². The van der Waals surface area contributed by atoms with Gasteiger partial charge in [-0.1, -0.05) is 5.16 Å². The van der Waals surface area contributed by atoms with Gasteiger partial charge in [0.15, 0.2) is 5.82 Å². The van der Waals surface area contributed by atoms with Crippen molar-refractivity contribution in [1.29, 1.82) is 0 Å². The number of aryl methyl sites for hydroxylation is 1. The molecule has 0 spiro atoms. The lowest BCUT2D eigenvalue weighted by molar-refractivity contribution is 0.425. The average molecular weight is 303 g/mol. The van der Waals surface area contributed by atoms with Gasteiger partial charge in [-0.15, -0.1) is 0 Å². The Labute approximate surface area is 123 Å². The van der Waals surface area contributed by atoms with E-state index in [9.17, 15) is 13.6 Å². The molecule has 0 unspecified atom stereocenters. The molecule has 2 heterocycles. The summed E-state index contributed by atoms with van der Waals surface area (Å²) in [6, 6.07) is 6.26. The van der Waals surface area contributed by atoms with Gasteiger partial charge in [-0.3, -0.25) is 4.79 Å². The van der Waals surface area contributed by atoms with Gasteiger partial charge < -0.3 is 9.09 Å². The van der Waals surface area contributed by atoms with E-state index in [2.05, 4.69) is 10.1 Å². The fourth-order valence-corrected chi connectivity index (χ4v) is 2.08. The van der Waals surface area contributed by atoms with E-state index in [-0.39, 0.29) is 23.6 Å². The first kappa shape index (κ1) is 14.1. The second-order valence-electron chi connectivity index (χ2n) is 4.74. The van der Waals surface area contributed by atoms with Crippen molar-refractivity contribution in [2.75, 3.05) is 0 Å². The van der Waals surface area contributed by atoms with Crippen LogP contribution in [0.15, 0.2) is 45.8 Å². The zero-order valence-corrected chi connectivity index (χ0v) is 11.6. The first-order chi connectivity index (χ1) is 10.5. The molecule has 112 valence electrons. The number of benzene rings is 1. The molecule has 0 aliphatic carbocycles. The molecule has 0 atom stereocenters. The van der Waals surface area contributed by atoms with Gasteiger partial charge in [-0.05, 0) is 37.3 Å². The summed E-state index contributed by atoms with van der Waals surface area (Å²) in [5, 5.41) is 3.63. The number of hydrogen-bond donors (Lipinski definition) is 0. The second kappa shape index (κ2) is 5.51. The summed E-state index contributed by atoms with van der Waals surface area (Å²) in [4.78, 5) is 16.4. The predicted octanol–water partition coefficient (Wildman–Crippen LogP) is 2.53. The number of hydrogen-bond acceptors (Lipinski definition) is 4. The highest BCUT2D eigenvalue weighted by molar-refractivity contribution is 5.50. The minimum atomic E-state index is -0.577. The highest BCUT2D eigenvalue weighted by Gasteiger charge is 2.13. The maximum atomic E-state index is 13.7. The van der Waals surface area contributed by atoms with E-state index in [1.807, 2.05) is 0 Å². The molecule has 0 saturated heterocycles. The van der Waals surface area contributed by atoms with Crippen LogP contribution in [0.4, 0.5) is 8.78 Å². The Hall–Kier alpha value is -2.83. The molecule has 0 fully saturated rings. The van der Waals surface area contributed by atoms with Crippen LogP contribution in [0.3, 0.4) is 0 Å². The number of halogens is 2. The normalized spacial score (nSPS) is 10.9. The highest BCUT2D eigenvalue weighted by Crippen LogP contribution is 2.14. The molecule has 22 heavy (non-hydrogen) atoms. The Bertz CT molecular complexity index is 886. The Kier molecular flexibility index (Phi) is 3.54. The molecule has 3 rings (SSSR count). The molecule has 7 heteroatoms. The van der Waals surface area contributed by atoms with Crippen LogP contribution in [0.1, 0.15) is 11.4 Å². The van der Waals surface area contributed by atoms with E-state index in [0.29, 0.717) is 5.82 Å². The molecule has 5 nitrogen and oxygen atoms in total. The number of pyridine rings is 1. The van der Waals surface area contributed by atoms with Crippen LogP contribution in [0.5, 0.6) is 0 Å². The van der Waals surface area contributed by atoms with Gasteiger partial charge in [0.2, 0.25) is 0 Å². The number of aromatic nitrogens is 3. The second-order valence-corrected chi connectivity index (χ2v) is 4.74. The van der Waals surface area contributed by atoms with E-state index < -0.39 is 17.2 Å². The highest BCUT2D eigenvalue weighted by atomic mass is 19.1. The quantitative estimate of drug-likeness (QED) is 0.746. The maximum Gasteiger partial charge on any atom is 0.263 e. The minimum absolute atomic E-state index is 0.0842. The van der Waals surface area contributed by atoms with Gasteiger partial charge in [0.1, 0.15) is 17.2 Å². The number of nitrogens with zero attached hydrogens (tertiary/aromatic N) is 3. The van der Waals surface area contributed by atoms with Crippen molar-refractivity contribution in [3.63, 3.8) is 0 Å². The first-order valence-electron chi connectivity index (χ1n) is 6.48. The van der Waals surface area contributed by atoms with Crippen LogP contribution < -0.4 is 5.56 Å². The Morgan fingerprint density at radius 1 is 1.27 bits per heavy atom. The fourth-order valence-electron chi connectivity index (χ4n) is 2.08. The smallest absolute Gasteiger partial charge is 0.263 e. The van der Waals surface area contributed by atoms with Crippen molar-refractivity contribution < 1.29 is 13.3 Å². The van der Waals surface area contributed by atoms with Gasteiger partial charge in [-0.2, -0.15) is 4.98 Å². The topological polar surface area (TPSA) is 60.9 Å². The molecule has 0 saturated carbocycles. The zero-order chi connectivity index (χ0) is 15.7. The lowest BCUT2D eigenvalue weighted by Crippen LogP contribution is -2.22. The van der Waals surface area contributed by atoms with E-state index in [4.69, 9.17) is 4.52 Å². The summed E-state index contributed by atoms with van der Waals surface area (Å²) in [6.45, 7) is 1.54. The fraction of sp³-hybridized carbons (Fsp3) is 0.133. The largest absolute Gasteiger partial charge is 0.334 e. The summed E-state index contributed by atoms with van der Waals surface area (Å²) >= 11 is 0. The molecule has 0 bridgehead atoms. The lowest BCUT2D eigenvalue weighted by Gasteiger charge is -2.08. The molecule has 1 aromatic carbocycles. The Morgan fingerprint density at radius 3 is 2.82 bits per heavy atom. The molecule has 0 aliphatic heterocycles. The number of rotatable bonds is 3. The lowest BCUT2D eigenvalue weighted by atomic mass is 10.2. The van der Waals surface area contributed by atoms with E-state index >= 15 is 0 Å². The standard InChI is InChI=1S/C15H11F2N3O2/c1-9-18-14(22-19-9)12-3-2-6-20(15(12)21)8-10-7-11(16)4-5-13(10)17/h2-7H,8H2,1H3. The molecule has 0 amide bonds. The van der Waals surface area contributed by atoms with Crippen LogP contribution in [-0.2, 0) is 6.54 Å². The van der Waals surface area contributed by atoms with Crippen molar-refractivity contribution in [1.82, 2.24) is 14.7 Å². The third-order valence-corrected chi connectivity index (χ3v) is 3.13. The first-order valence-corrected chi connectivity index (χ1v) is 6.48. The van der Waals surface area contributed by atoms with Gasteiger partial charge >= 0.3 is 0 Å². The summed E-state index contributed by atoms with van der Waals surface area (Å²) in [5.74, 6) is -0.641. The molecule has 0 aliphatic rings. The van der Waals surface area contributed by atoms with E-state index in [0.717, 1.165) is 18.2 Å². The van der Waals surface area contributed by atoms with Crippen molar-refractivity contribution in [2.24, 2.45) is 0 Å². The summed E-state index contributed by atoms with van der Waals surface area (Å²) in [5.41, 5.74) is -0.129. The van der Waals surface area contributed by atoms with Crippen molar-refractivity contribution in [3.05, 3.63) is 69.9 Å².